The first kappa shape index (κ1) is 13.5. The highest BCUT2D eigenvalue weighted by Crippen LogP contribution is 2.23. The maximum absolute atomic E-state index is 12.1. The summed E-state index contributed by atoms with van der Waals surface area (Å²) in [5.74, 6) is 0.694. The minimum Gasteiger partial charge on any atom is -0.378 e. The van der Waals surface area contributed by atoms with Crippen molar-refractivity contribution < 1.29 is 9.53 Å². The summed E-state index contributed by atoms with van der Waals surface area (Å²) in [7, 11) is 1.75. The quantitative estimate of drug-likeness (QED) is 0.862. The van der Waals surface area contributed by atoms with Crippen LogP contribution in [-0.4, -0.2) is 30.6 Å². The Hall–Kier alpha value is -0.940. The number of anilines is 1. The third kappa shape index (κ3) is 3.29. The molecule has 1 aromatic heterocycles. The molecular formula is C13H17BrN2O2. The van der Waals surface area contributed by atoms with Gasteiger partial charge in [-0.15, -0.1) is 0 Å². The van der Waals surface area contributed by atoms with Gasteiger partial charge in [-0.3, -0.25) is 9.69 Å². The number of ether oxygens (including phenoxy) is 1. The molecule has 2 rings (SSSR count). The summed E-state index contributed by atoms with van der Waals surface area (Å²) >= 11 is 3.40. The second-order valence-electron chi connectivity index (χ2n) is 4.45. The fraction of sp³-hybridized carbons (Fsp3) is 0.538. The molecule has 0 bridgehead atoms. The molecule has 0 spiro atoms. The fourth-order valence-electron chi connectivity index (χ4n) is 2.04. The van der Waals surface area contributed by atoms with Crippen molar-refractivity contribution in [2.75, 3.05) is 18.6 Å². The van der Waals surface area contributed by atoms with Gasteiger partial charge in [0.05, 0.1) is 17.0 Å². The van der Waals surface area contributed by atoms with E-state index in [1.807, 2.05) is 12.1 Å². The molecule has 1 atom stereocenters. The first-order valence-corrected chi connectivity index (χ1v) is 6.96. The Balaban J connectivity index is 1.98. The Morgan fingerprint density at radius 2 is 2.44 bits per heavy atom. The van der Waals surface area contributed by atoms with Crippen LogP contribution in [0, 0.1) is 0 Å². The van der Waals surface area contributed by atoms with E-state index in [4.69, 9.17) is 4.74 Å². The van der Waals surface area contributed by atoms with Gasteiger partial charge < -0.3 is 4.74 Å². The Labute approximate surface area is 115 Å². The van der Waals surface area contributed by atoms with Crippen molar-refractivity contribution >= 4 is 27.7 Å². The van der Waals surface area contributed by atoms with Gasteiger partial charge in [0.2, 0.25) is 5.91 Å². The van der Waals surface area contributed by atoms with Crippen LogP contribution in [0.5, 0.6) is 0 Å². The van der Waals surface area contributed by atoms with E-state index in [9.17, 15) is 4.79 Å². The van der Waals surface area contributed by atoms with Gasteiger partial charge in [-0.2, -0.15) is 0 Å². The highest BCUT2D eigenvalue weighted by Gasteiger charge is 2.21. The number of nitrogens with zero attached hydrogens (tertiary/aromatic N) is 2. The van der Waals surface area contributed by atoms with Crippen molar-refractivity contribution in [2.24, 2.45) is 0 Å². The van der Waals surface area contributed by atoms with Gasteiger partial charge in [0.25, 0.3) is 0 Å². The highest BCUT2D eigenvalue weighted by atomic mass is 79.9. The number of carbonyl (C=O) groups is 1. The van der Waals surface area contributed by atoms with Crippen LogP contribution >= 0.6 is 15.9 Å². The molecule has 1 saturated heterocycles. The lowest BCUT2D eigenvalue weighted by Gasteiger charge is -2.24. The molecule has 1 amide bonds. The highest BCUT2D eigenvalue weighted by molar-refractivity contribution is 9.10. The topological polar surface area (TPSA) is 42.4 Å². The Morgan fingerprint density at radius 3 is 3.11 bits per heavy atom. The number of carbonyl (C=O) groups excluding carboxylic acids is 1. The van der Waals surface area contributed by atoms with Crippen LogP contribution in [0.2, 0.25) is 0 Å². The van der Waals surface area contributed by atoms with Gasteiger partial charge >= 0.3 is 0 Å². The molecule has 2 heterocycles. The van der Waals surface area contributed by atoms with E-state index in [1.54, 1.807) is 18.1 Å². The van der Waals surface area contributed by atoms with E-state index in [1.165, 1.54) is 0 Å². The van der Waals surface area contributed by atoms with Crippen molar-refractivity contribution in [3.8, 4) is 0 Å². The molecule has 0 aromatic carbocycles. The second kappa shape index (κ2) is 6.29. The summed E-state index contributed by atoms with van der Waals surface area (Å²) in [5, 5.41) is 0. The Bertz CT molecular complexity index is 419. The SMILES string of the molecule is CN(C(=O)C[C@H]1CCCCO1)c1ncccc1Br. The second-order valence-corrected chi connectivity index (χ2v) is 5.31. The first-order chi connectivity index (χ1) is 8.68. The van der Waals surface area contributed by atoms with Crippen LogP contribution < -0.4 is 4.90 Å². The summed E-state index contributed by atoms with van der Waals surface area (Å²) in [6.45, 7) is 0.773. The maximum Gasteiger partial charge on any atom is 0.230 e. The summed E-state index contributed by atoms with van der Waals surface area (Å²) in [6.07, 6.45) is 5.40. The normalized spacial score (nSPS) is 19.6. The van der Waals surface area contributed by atoms with E-state index >= 15 is 0 Å². The molecule has 0 unspecified atom stereocenters. The summed E-state index contributed by atoms with van der Waals surface area (Å²) in [6, 6.07) is 3.71. The number of hydrogen-bond acceptors (Lipinski definition) is 3. The summed E-state index contributed by atoms with van der Waals surface area (Å²) in [5.41, 5.74) is 0. The summed E-state index contributed by atoms with van der Waals surface area (Å²) in [4.78, 5) is 17.9. The molecule has 0 aliphatic carbocycles. The molecule has 1 aromatic rings. The number of rotatable bonds is 3. The third-order valence-corrected chi connectivity index (χ3v) is 3.73. The molecule has 4 nitrogen and oxygen atoms in total. The zero-order chi connectivity index (χ0) is 13.0. The Kier molecular flexibility index (Phi) is 4.72. The monoisotopic (exact) mass is 312 g/mol. The van der Waals surface area contributed by atoms with E-state index < -0.39 is 0 Å². The van der Waals surface area contributed by atoms with Crippen LogP contribution in [-0.2, 0) is 9.53 Å². The lowest BCUT2D eigenvalue weighted by atomic mass is 10.1. The van der Waals surface area contributed by atoms with Crippen molar-refractivity contribution in [3.05, 3.63) is 22.8 Å². The van der Waals surface area contributed by atoms with Crippen LogP contribution in [0.1, 0.15) is 25.7 Å². The molecule has 0 radical (unpaired) electrons. The van der Waals surface area contributed by atoms with Gasteiger partial charge in [-0.05, 0) is 47.3 Å². The van der Waals surface area contributed by atoms with Crippen LogP contribution in [0.25, 0.3) is 0 Å². The third-order valence-electron chi connectivity index (χ3n) is 3.11. The van der Waals surface area contributed by atoms with E-state index in [0.717, 1.165) is 30.3 Å². The zero-order valence-electron chi connectivity index (χ0n) is 10.4. The average molecular weight is 313 g/mol. The minimum atomic E-state index is 0.0429. The van der Waals surface area contributed by atoms with E-state index in [0.29, 0.717) is 12.2 Å². The van der Waals surface area contributed by atoms with Crippen LogP contribution in [0.4, 0.5) is 5.82 Å². The molecule has 1 aliphatic heterocycles. The molecule has 0 N–H and O–H groups in total. The van der Waals surface area contributed by atoms with Crippen molar-refractivity contribution in [1.29, 1.82) is 0 Å². The smallest absolute Gasteiger partial charge is 0.230 e. The van der Waals surface area contributed by atoms with Crippen LogP contribution in [0.3, 0.4) is 0 Å². The zero-order valence-corrected chi connectivity index (χ0v) is 12.0. The molecular weight excluding hydrogens is 296 g/mol. The maximum atomic E-state index is 12.1. The minimum absolute atomic E-state index is 0.0429. The summed E-state index contributed by atoms with van der Waals surface area (Å²) < 4.78 is 6.41. The van der Waals surface area contributed by atoms with Crippen LogP contribution in [0.15, 0.2) is 22.8 Å². The van der Waals surface area contributed by atoms with Gasteiger partial charge in [0.1, 0.15) is 5.82 Å². The van der Waals surface area contributed by atoms with Gasteiger partial charge in [-0.25, -0.2) is 4.98 Å². The van der Waals surface area contributed by atoms with Crippen molar-refractivity contribution in [3.63, 3.8) is 0 Å². The van der Waals surface area contributed by atoms with Gasteiger partial charge in [-0.1, -0.05) is 0 Å². The van der Waals surface area contributed by atoms with Gasteiger partial charge in [0.15, 0.2) is 0 Å². The first-order valence-electron chi connectivity index (χ1n) is 6.17. The molecule has 0 saturated carbocycles. The fourth-order valence-corrected chi connectivity index (χ4v) is 2.56. The number of halogens is 1. The van der Waals surface area contributed by atoms with Crippen molar-refractivity contribution in [1.82, 2.24) is 4.98 Å². The molecule has 18 heavy (non-hydrogen) atoms. The van der Waals surface area contributed by atoms with E-state index in [2.05, 4.69) is 20.9 Å². The van der Waals surface area contributed by atoms with E-state index in [-0.39, 0.29) is 12.0 Å². The average Bonchev–Trinajstić information content (AvgIpc) is 2.39. The lowest BCUT2D eigenvalue weighted by Crippen LogP contribution is -2.32. The molecule has 1 fully saturated rings. The lowest BCUT2D eigenvalue weighted by molar-refractivity contribution is -0.122. The molecule has 5 heteroatoms. The number of pyridine rings is 1. The standard InChI is InChI=1S/C13H17BrN2O2/c1-16(13-11(14)6-4-7-15-13)12(17)9-10-5-2-3-8-18-10/h4,6-7,10H,2-3,5,8-9H2,1H3/t10-/m1/s1. The predicted octanol–water partition coefficient (Wildman–Crippen LogP) is 2.77. The predicted molar refractivity (Wildman–Crippen MR) is 73.6 cm³/mol. The number of hydrogen-bond donors (Lipinski definition) is 0. The molecule has 1 aliphatic rings. The van der Waals surface area contributed by atoms with Gasteiger partial charge in [0, 0.05) is 19.9 Å². The largest absolute Gasteiger partial charge is 0.378 e. The Morgan fingerprint density at radius 1 is 1.61 bits per heavy atom. The molecule has 98 valence electrons. The number of amides is 1. The number of aromatic nitrogens is 1. The van der Waals surface area contributed by atoms with Crippen molar-refractivity contribution in [2.45, 2.75) is 31.8 Å².